The predicted molar refractivity (Wildman–Crippen MR) is 89.5 cm³/mol. The summed E-state index contributed by atoms with van der Waals surface area (Å²) in [6.45, 7) is 6.37. The summed E-state index contributed by atoms with van der Waals surface area (Å²) >= 11 is 0. The van der Waals surface area contributed by atoms with Crippen LogP contribution >= 0.6 is 0 Å². The number of ketones is 1. The Kier molecular flexibility index (Phi) is 5.12. The van der Waals surface area contributed by atoms with E-state index in [1.54, 1.807) is 13.8 Å². The van der Waals surface area contributed by atoms with Crippen molar-refractivity contribution < 1.29 is 27.3 Å². The van der Waals surface area contributed by atoms with Crippen molar-refractivity contribution in [3.8, 4) is 0 Å². The third-order valence-electron chi connectivity index (χ3n) is 3.58. The van der Waals surface area contributed by atoms with E-state index < -0.39 is 27.7 Å². The Morgan fingerprint density at radius 1 is 1.24 bits per heavy atom. The van der Waals surface area contributed by atoms with E-state index in [-0.39, 0.29) is 27.1 Å². The van der Waals surface area contributed by atoms with Crippen molar-refractivity contribution in [2.75, 3.05) is 6.26 Å². The van der Waals surface area contributed by atoms with Crippen molar-refractivity contribution in [3.05, 3.63) is 46.3 Å². The summed E-state index contributed by atoms with van der Waals surface area (Å²) in [4.78, 5) is 25.0. The molecule has 0 aliphatic heterocycles. The van der Waals surface area contributed by atoms with Crippen molar-refractivity contribution in [1.29, 1.82) is 0 Å². The van der Waals surface area contributed by atoms with Crippen molar-refractivity contribution in [1.82, 2.24) is 5.16 Å². The largest absolute Gasteiger partial charge is 0.459 e. The van der Waals surface area contributed by atoms with Crippen LogP contribution < -0.4 is 0 Å². The average Bonchev–Trinajstić information content (AvgIpc) is 3.00. The van der Waals surface area contributed by atoms with Gasteiger partial charge < -0.3 is 9.26 Å². The fourth-order valence-electron chi connectivity index (χ4n) is 2.60. The molecule has 134 valence electrons. The maximum Gasteiger partial charge on any atom is 0.340 e. The zero-order chi connectivity index (χ0) is 18.9. The van der Waals surface area contributed by atoms with Gasteiger partial charge in [-0.3, -0.25) is 4.79 Å². The molecule has 1 aromatic carbocycles. The summed E-state index contributed by atoms with van der Waals surface area (Å²) in [5, 5.41) is 3.49. The van der Waals surface area contributed by atoms with Crippen LogP contribution in [0.2, 0.25) is 0 Å². The zero-order valence-electron chi connectivity index (χ0n) is 14.6. The Balaban J connectivity index is 2.77. The van der Waals surface area contributed by atoms with E-state index in [1.165, 1.54) is 32.4 Å². The highest BCUT2D eigenvalue weighted by Crippen LogP contribution is 2.29. The molecular formula is C17H19NO6S. The molecule has 0 saturated carbocycles. The molecule has 2 aromatic rings. The molecule has 0 N–H and O–H groups in total. The molecule has 0 atom stereocenters. The number of aromatic nitrogens is 1. The lowest BCUT2D eigenvalue weighted by atomic mass is 9.94. The van der Waals surface area contributed by atoms with Gasteiger partial charge in [-0.05, 0) is 44.9 Å². The van der Waals surface area contributed by atoms with Crippen molar-refractivity contribution in [2.24, 2.45) is 0 Å². The number of ether oxygens (including phenoxy) is 1. The van der Waals surface area contributed by atoms with Gasteiger partial charge in [0.2, 0.25) is 0 Å². The van der Waals surface area contributed by atoms with E-state index in [2.05, 4.69) is 9.68 Å². The van der Waals surface area contributed by atoms with Gasteiger partial charge in [0.15, 0.2) is 15.6 Å². The van der Waals surface area contributed by atoms with Gasteiger partial charge in [0, 0.05) is 11.8 Å². The summed E-state index contributed by atoms with van der Waals surface area (Å²) in [5.41, 5.74) is 0.823. The number of carbonyl (C=O) groups excluding carboxylic acids is 2. The standard InChI is InChI=1S/C17H19NO6S/c1-9(2)24-17(20)14-11(4)13(15(19)12-7-18-23-8-12)6-10(3)16(14)25(5,21)22/h6-9H,1-5H3. The normalized spacial score (nSPS) is 11.6. The highest BCUT2D eigenvalue weighted by atomic mass is 32.2. The number of sulfone groups is 1. The summed E-state index contributed by atoms with van der Waals surface area (Å²) < 4.78 is 34.3. The first-order valence-electron chi connectivity index (χ1n) is 7.53. The quantitative estimate of drug-likeness (QED) is 0.592. The van der Waals surface area contributed by atoms with Gasteiger partial charge in [-0.1, -0.05) is 5.16 Å². The van der Waals surface area contributed by atoms with Gasteiger partial charge in [-0.2, -0.15) is 0 Å². The molecule has 0 amide bonds. The van der Waals surface area contributed by atoms with Crippen molar-refractivity contribution in [3.63, 3.8) is 0 Å². The van der Waals surface area contributed by atoms with Crippen LogP contribution in [0.3, 0.4) is 0 Å². The minimum absolute atomic E-state index is 0.115. The molecule has 0 radical (unpaired) electrons. The number of esters is 1. The van der Waals surface area contributed by atoms with Crippen LogP contribution in [-0.2, 0) is 14.6 Å². The lowest BCUT2D eigenvalue weighted by molar-refractivity contribution is 0.0372. The Morgan fingerprint density at radius 3 is 2.36 bits per heavy atom. The number of benzene rings is 1. The second kappa shape index (κ2) is 6.79. The van der Waals surface area contributed by atoms with Gasteiger partial charge in [0.25, 0.3) is 0 Å². The predicted octanol–water partition coefficient (Wildman–Crippen LogP) is 2.49. The Morgan fingerprint density at radius 2 is 1.88 bits per heavy atom. The topological polar surface area (TPSA) is 104 Å². The molecule has 8 heteroatoms. The van der Waals surface area contributed by atoms with Gasteiger partial charge >= 0.3 is 5.97 Å². The number of rotatable bonds is 5. The number of hydrogen-bond acceptors (Lipinski definition) is 7. The summed E-state index contributed by atoms with van der Waals surface area (Å²) in [6.07, 6.45) is 3.03. The summed E-state index contributed by atoms with van der Waals surface area (Å²) in [6, 6.07) is 1.45. The Bertz CT molecular complexity index is 927. The smallest absolute Gasteiger partial charge is 0.340 e. The Hall–Kier alpha value is -2.48. The van der Waals surface area contributed by atoms with Crippen LogP contribution in [0.4, 0.5) is 0 Å². The highest BCUT2D eigenvalue weighted by molar-refractivity contribution is 7.90. The van der Waals surface area contributed by atoms with Crippen LogP contribution in [0.1, 0.15) is 51.3 Å². The van der Waals surface area contributed by atoms with Crippen LogP contribution in [0, 0.1) is 13.8 Å². The number of aryl methyl sites for hydroxylation is 1. The fraction of sp³-hybridized carbons (Fsp3) is 0.353. The lowest BCUT2D eigenvalue weighted by Gasteiger charge is -2.17. The van der Waals surface area contributed by atoms with Crippen LogP contribution in [0.5, 0.6) is 0 Å². The molecule has 0 spiro atoms. The molecular weight excluding hydrogens is 346 g/mol. The minimum atomic E-state index is -3.71. The first kappa shape index (κ1) is 18.9. The maximum atomic E-state index is 12.6. The maximum absolute atomic E-state index is 12.6. The average molecular weight is 365 g/mol. The number of hydrogen-bond donors (Lipinski definition) is 0. The third kappa shape index (κ3) is 3.79. The number of nitrogens with zero attached hydrogens (tertiary/aromatic N) is 1. The number of carbonyl (C=O) groups is 2. The second-order valence-corrected chi connectivity index (χ2v) is 7.99. The molecule has 7 nitrogen and oxygen atoms in total. The van der Waals surface area contributed by atoms with E-state index in [0.717, 1.165) is 6.26 Å². The van der Waals surface area contributed by atoms with Gasteiger partial charge in [0.1, 0.15) is 6.26 Å². The molecule has 0 saturated heterocycles. The van der Waals surface area contributed by atoms with E-state index in [9.17, 15) is 18.0 Å². The summed E-state index contributed by atoms with van der Waals surface area (Å²) in [5.74, 6) is -1.20. The minimum Gasteiger partial charge on any atom is -0.459 e. The molecule has 0 aliphatic rings. The lowest BCUT2D eigenvalue weighted by Crippen LogP contribution is -2.20. The first-order chi connectivity index (χ1) is 11.5. The van der Waals surface area contributed by atoms with E-state index in [1.807, 2.05) is 0 Å². The molecule has 25 heavy (non-hydrogen) atoms. The molecule has 0 aliphatic carbocycles. The molecule has 1 aromatic heterocycles. The van der Waals surface area contributed by atoms with Crippen LogP contribution in [-0.4, -0.2) is 37.7 Å². The third-order valence-corrected chi connectivity index (χ3v) is 4.85. The second-order valence-electron chi connectivity index (χ2n) is 6.04. The Labute approximate surface area is 145 Å². The fourth-order valence-corrected chi connectivity index (χ4v) is 3.85. The van der Waals surface area contributed by atoms with E-state index in [0.29, 0.717) is 5.56 Å². The monoisotopic (exact) mass is 365 g/mol. The van der Waals surface area contributed by atoms with E-state index >= 15 is 0 Å². The van der Waals surface area contributed by atoms with Crippen LogP contribution in [0.25, 0.3) is 0 Å². The van der Waals surface area contributed by atoms with E-state index in [4.69, 9.17) is 4.74 Å². The van der Waals surface area contributed by atoms with Crippen molar-refractivity contribution in [2.45, 2.75) is 38.7 Å². The molecule has 0 bridgehead atoms. The molecule has 2 rings (SSSR count). The zero-order valence-corrected chi connectivity index (χ0v) is 15.4. The summed E-state index contributed by atoms with van der Waals surface area (Å²) in [7, 11) is -3.71. The molecule has 0 fully saturated rings. The van der Waals surface area contributed by atoms with Gasteiger partial charge in [0.05, 0.1) is 28.3 Å². The molecule has 0 unspecified atom stereocenters. The first-order valence-corrected chi connectivity index (χ1v) is 9.42. The van der Waals surface area contributed by atoms with Crippen LogP contribution in [0.15, 0.2) is 27.9 Å². The highest BCUT2D eigenvalue weighted by Gasteiger charge is 2.29. The van der Waals surface area contributed by atoms with Crippen molar-refractivity contribution >= 4 is 21.6 Å². The van der Waals surface area contributed by atoms with Gasteiger partial charge in [-0.15, -0.1) is 0 Å². The van der Waals surface area contributed by atoms with Gasteiger partial charge in [-0.25, -0.2) is 13.2 Å². The molecule has 1 heterocycles. The SMILES string of the molecule is Cc1cc(C(=O)c2cnoc2)c(C)c(C(=O)OC(C)C)c1S(C)(=O)=O.